The summed E-state index contributed by atoms with van der Waals surface area (Å²) in [7, 11) is 0. The van der Waals surface area contributed by atoms with Gasteiger partial charge in [-0.3, -0.25) is 19.4 Å². The highest BCUT2D eigenvalue weighted by Gasteiger charge is 2.33. The van der Waals surface area contributed by atoms with Gasteiger partial charge in [0.2, 0.25) is 0 Å². The SMILES string of the molecule is O=C1c2cccc3c(Cl)ccc(c23)C(=O)N1CCN1CCN(c2ccccc2)CC1. The number of hydrogen-bond donors (Lipinski definition) is 0. The predicted octanol–water partition coefficient (Wildman–Crippen LogP) is 3.91. The lowest BCUT2D eigenvalue weighted by Crippen LogP contribution is -2.50. The predicted molar refractivity (Wildman–Crippen MR) is 119 cm³/mol. The molecule has 152 valence electrons. The third kappa shape index (κ3) is 3.24. The number of rotatable bonds is 4. The Morgan fingerprint density at radius 3 is 2.17 bits per heavy atom. The maximum absolute atomic E-state index is 13.1. The van der Waals surface area contributed by atoms with Crippen LogP contribution in [0, 0.1) is 0 Å². The Labute approximate surface area is 180 Å². The van der Waals surface area contributed by atoms with E-state index >= 15 is 0 Å². The second-order valence-corrected chi connectivity index (χ2v) is 8.16. The van der Waals surface area contributed by atoms with Crippen LogP contribution < -0.4 is 4.90 Å². The summed E-state index contributed by atoms with van der Waals surface area (Å²) >= 11 is 6.29. The van der Waals surface area contributed by atoms with Crippen LogP contribution in [0.4, 0.5) is 5.69 Å². The van der Waals surface area contributed by atoms with Gasteiger partial charge in [0, 0.05) is 71.9 Å². The average Bonchev–Trinajstić information content (AvgIpc) is 2.79. The van der Waals surface area contributed by atoms with E-state index in [1.165, 1.54) is 10.6 Å². The van der Waals surface area contributed by atoms with Gasteiger partial charge < -0.3 is 4.90 Å². The lowest BCUT2D eigenvalue weighted by atomic mass is 9.94. The number of hydrogen-bond acceptors (Lipinski definition) is 4. The van der Waals surface area contributed by atoms with Crippen molar-refractivity contribution in [2.75, 3.05) is 44.2 Å². The number of amides is 2. The van der Waals surface area contributed by atoms with Crippen molar-refractivity contribution in [3.63, 3.8) is 0 Å². The van der Waals surface area contributed by atoms with Crippen molar-refractivity contribution in [2.45, 2.75) is 0 Å². The molecule has 2 amide bonds. The first-order valence-electron chi connectivity index (χ1n) is 10.2. The fraction of sp³-hybridized carbons (Fsp3) is 0.250. The van der Waals surface area contributed by atoms with Gasteiger partial charge in [-0.15, -0.1) is 0 Å². The molecule has 30 heavy (non-hydrogen) atoms. The van der Waals surface area contributed by atoms with Crippen molar-refractivity contribution in [1.82, 2.24) is 9.80 Å². The van der Waals surface area contributed by atoms with Crippen molar-refractivity contribution in [3.05, 3.63) is 76.8 Å². The van der Waals surface area contributed by atoms with Crippen molar-refractivity contribution < 1.29 is 9.59 Å². The Balaban J connectivity index is 1.28. The highest BCUT2D eigenvalue weighted by Crippen LogP contribution is 2.34. The monoisotopic (exact) mass is 419 g/mol. The molecular formula is C24H22ClN3O2. The number of nitrogens with zero attached hydrogens (tertiary/aromatic N) is 3. The quantitative estimate of drug-likeness (QED) is 0.601. The molecule has 2 aliphatic heterocycles. The first-order chi connectivity index (χ1) is 14.6. The van der Waals surface area contributed by atoms with Crippen LogP contribution in [-0.4, -0.2) is 60.9 Å². The van der Waals surface area contributed by atoms with E-state index in [0.29, 0.717) is 34.6 Å². The summed E-state index contributed by atoms with van der Waals surface area (Å²) in [5.74, 6) is -0.466. The molecule has 0 aromatic heterocycles. The van der Waals surface area contributed by atoms with Gasteiger partial charge in [-0.1, -0.05) is 41.9 Å². The van der Waals surface area contributed by atoms with E-state index in [2.05, 4.69) is 34.1 Å². The molecule has 3 aromatic carbocycles. The maximum Gasteiger partial charge on any atom is 0.261 e. The fourth-order valence-electron chi connectivity index (χ4n) is 4.42. The van der Waals surface area contributed by atoms with Crippen LogP contribution >= 0.6 is 11.6 Å². The van der Waals surface area contributed by atoms with E-state index in [1.807, 2.05) is 18.2 Å². The van der Waals surface area contributed by atoms with Crippen LogP contribution in [0.3, 0.4) is 0 Å². The lowest BCUT2D eigenvalue weighted by Gasteiger charge is -2.37. The Morgan fingerprint density at radius 1 is 0.733 bits per heavy atom. The van der Waals surface area contributed by atoms with Crippen molar-refractivity contribution in [3.8, 4) is 0 Å². The zero-order valence-electron chi connectivity index (χ0n) is 16.6. The van der Waals surface area contributed by atoms with Gasteiger partial charge in [-0.25, -0.2) is 0 Å². The molecule has 0 bridgehead atoms. The van der Waals surface area contributed by atoms with Crippen LogP contribution in [0.15, 0.2) is 60.7 Å². The summed E-state index contributed by atoms with van der Waals surface area (Å²) in [4.78, 5) is 32.2. The lowest BCUT2D eigenvalue weighted by molar-refractivity contribution is 0.0591. The number of piperazine rings is 1. The first-order valence-corrected chi connectivity index (χ1v) is 10.6. The number of carbonyl (C=O) groups is 2. The largest absolute Gasteiger partial charge is 0.369 e. The molecule has 5 nitrogen and oxygen atoms in total. The van der Waals surface area contributed by atoms with Gasteiger partial charge in [0.15, 0.2) is 0 Å². The smallest absolute Gasteiger partial charge is 0.261 e. The van der Waals surface area contributed by atoms with Crippen LogP contribution in [0.5, 0.6) is 0 Å². The van der Waals surface area contributed by atoms with Gasteiger partial charge in [0.25, 0.3) is 11.8 Å². The highest BCUT2D eigenvalue weighted by molar-refractivity contribution is 6.38. The second kappa shape index (κ2) is 7.74. The maximum atomic E-state index is 13.1. The van der Waals surface area contributed by atoms with Crippen molar-refractivity contribution in [2.24, 2.45) is 0 Å². The van der Waals surface area contributed by atoms with Gasteiger partial charge in [-0.2, -0.15) is 0 Å². The van der Waals surface area contributed by atoms with E-state index in [1.54, 1.807) is 18.2 Å². The van der Waals surface area contributed by atoms with Crippen LogP contribution in [0.25, 0.3) is 10.8 Å². The third-order valence-electron chi connectivity index (χ3n) is 6.07. The summed E-state index contributed by atoms with van der Waals surface area (Å²) in [5, 5.41) is 1.98. The topological polar surface area (TPSA) is 43.9 Å². The van der Waals surface area contributed by atoms with E-state index in [0.717, 1.165) is 31.6 Å². The Hall–Kier alpha value is -2.89. The average molecular weight is 420 g/mol. The molecule has 0 atom stereocenters. The minimum Gasteiger partial charge on any atom is -0.369 e. The molecule has 5 rings (SSSR count). The van der Waals surface area contributed by atoms with E-state index in [9.17, 15) is 9.59 Å². The van der Waals surface area contributed by atoms with E-state index < -0.39 is 0 Å². The van der Waals surface area contributed by atoms with Crippen LogP contribution in [0.1, 0.15) is 20.7 Å². The number of imide groups is 1. The minimum atomic E-state index is -0.233. The molecule has 0 radical (unpaired) electrons. The summed E-state index contributed by atoms with van der Waals surface area (Å²) in [6.07, 6.45) is 0. The molecule has 1 saturated heterocycles. The summed E-state index contributed by atoms with van der Waals surface area (Å²) in [5.41, 5.74) is 2.35. The van der Waals surface area contributed by atoms with Gasteiger partial charge in [0.1, 0.15) is 0 Å². The van der Waals surface area contributed by atoms with Gasteiger partial charge in [-0.05, 0) is 30.3 Å². The molecule has 0 unspecified atom stereocenters. The molecule has 2 heterocycles. The van der Waals surface area contributed by atoms with Gasteiger partial charge >= 0.3 is 0 Å². The van der Waals surface area contributed by atoms with Crippen LogP contribution in [0.2, 0.25) is 5.02 Å². The summed E-state index contributed by atoms with van der Waals surface area (Å²) in [6, 6.07) is 19.3. The Kier molecular flexibility index (Phi) is 4.93. The second-order valence-electron chi connectivity index (χ2n) is 7.75. The molecular weight excluding hydrogens is 398 g/mol. The Bertz CT molecular complexity index is 1100. The fourth-order valence-corrected chi connectivity index (χ4v) is 4.64. The number of halogens is 1. The van der Waals surface area contributed by atoms with E-state index in [-0.39, 0.29) is 11.8 Å². The standard InChI is InChI=1S/C24H22ClN3O2/c25-21-10-9-20-22-18(21)7-4-8-19(22)23(29)28(24(20)30)16-13-26-11-14-27(15-12-26)17-5-2-1-3-6-17/h1-10H,11-16H2. The highest BCUT2D eigenvalue weighted by atomic mass is 35.5. The number of carbonyl (C=O) groups excluding carboxylic acids is 2. The molecule has 0 spiro atoms. The number of anilines is 1. The Morgan fingerprint density at radius 2 is 1.43 bits per heavy atom. The molecule has 1 fully saturated rings. The number of benzene rings is 3. The molecule has 0 N–H and O–H groups in total. The molecule has 3 aromatic rings. The molecule has 6 heteroatoms. The van der Waals surface area contributed by atoms with Crippen molar-refractivity contribution in [1.29, 1.82) is 0 Å². The summed E-state index contributed by atoms with van der Waals surface area (Å²) < 4.78 is 0. The molecule has 2 aliphatic rings. The third-order valence-corrected chi connectivity index (χ3v) is 6.40. The van der Waals surface area contributed by atoms with Crippen LogP contribution in [-0.2, 0) is 0 Å². The number of para-hydroxylation sites is 1. The first kappa shape index (κ1) is 19.1. The minimum absolute atomic E-state index is 0.233. The van der Waals surface area contributed by atoms with Gasteiger partial charge in [0.05, 0.1) is 0 Å². The zero-order valence-corrected chi connectivity index (χ0v) is 17.3. The zero-order chi connectivity index (χ0) is 20.7. The van der Waals surface area contributed by atoms with Crippen molar-refractivity contribution >= 4 is 39.9 Å². The van der Waals surface area contributed by atoms with E-state index in [4.69, 9.17) is 11.6 Å². The summed E-state index contributed by atoms with van der Waals surface area (Å²) in [6.45, 7) is 4.76. The molecule has 0 aliphatic carbocycles. The normalized spacial score (nSPS) is 17.1. The molecule has 0 saturated carbocycles.